The quantitative estimate of drug-likeness (QED) is 0.131. The van der Waals surface area contributed by atoms with Crippen molar-refractivity contribution in [2.45, 2.75) is 44.9 Å². The van der Waals surface area contributed by atoms with E-state index in [9.17, 15) is 24.3 Å². The molecular weight excluding hydrogens is 406 g/mol. The van der Waals surface area contributed by atoms with Crippen molar-refractivity contribution in [3.63, 3.8) is 0 Å². The molecule has 0 aliphatic heterocycles. The fourth-order valence-electron chi connectivity index (χ4n) is 2.75. The Balaban J connectivity index is 2.52. The maximum atomic E-state index is 12.6. The number of Topliss-reactive ketones (excluding diaryl/α,β-unsaturated/α-hetero) is 1. The lowest BCUT2D eigenvalue weighted by Crippen LogP contribution is -2.52. The fourth-order valence-corrected chi connectivity index (χ4v) is 2.75. The molecule has 31 heavy (non-hydrogen) atoms. The number of aliphatic hydroxyl groups excluding tert-OH is 1. The van der Waals surface area contributed by atoms with Gasteiger partial charge in [0.1, 0.15) is 18.9 Å². The van der Waals surface area contributed by atoms with Gasteiger partial charge in [-0.2, -0.15) is 0 Å². The van der Waals surface area contributed by atoms with Gasteiger partial charge in [0.05, 0.1) is 13.1 Å². The average molecular weight is 440 g/mol. The third-order valence-electron chi connectivity index (χ3n) is 4.35. The van der Waals surface area contributed by atoms with E-state index in [0.29, 0.717) is 19.3 Å². The van der Waals surface area contributed by atoms with Crippen LogP contribution in [0.3, 0.4) is 0 Å². The van der Waals surface area contributed by atoms with Crippen LogP contribution in [0.4, 0.5) is 0 Å². The Bertz CT molecular complexity index is 666. The monoisotopic (exact) mass is 439 g/mol. The summed E-state index contributed by atoms with van der Waals surface area (Å²) >= 11 is 0. The third-order valence-corrected chi connectivity index (χ3v) is 4.35. The lowest BCUT2D eigenvalue weighted by molar-refractivity contribution is -0.139. The zero-order valence-corrected chi connectivity index (χ0v) is 17.8. The molecule has 0 bridgehead atoms. The molecule has 2 unspecified atom stereocenters. The first-order valence-corrected chi connectivity index (χ1v) is 10.3. The van der Waals surface area contributed by atoms with E-state index in [1.807, 2.05) is 31.2 Å². The van der Waals surface area contributed by atoms with Crippen LogP contribution in [-0.4, -0.2) is 67.1 Å². The Morgan fingerprint density at radius 1 is 1.19 bits per heavy atom. The van der Waals surface area contributed by atoms with E-state index in [1.165, 1.54) is 0 Å². The van der Waals surface area contributed by atoms with E-state index in [1.54, 1.807) is 0 Å². The normalized spacial score (nSPS) is 16.9. The van der Waals surface area contributed by atoms with Crippen molar-refractivity contribution in [3.8, 4) is 0 Å². The van der Waals surface area contributed by atoms with Crippen LogP contribution in [0.1, 0.15) is 32.6 Å². The smallest absolute Gasteiger partial charge is 0.262 e. The molecule has 0 heterocycles. The fraction of sp³-hybridized carbons (Fsp3) is 0.600. The number of nitrogens with one attached hydrogen (secondary N) is 4. The Kier molecular flexibility index (Phi) is 13.0. The summed E-state index contributed by atoms with van der Waals surface area (Å²) in [5.74, 6) is -1.75. The maximum absolute atomic E-state index is 12.6. The van der Waals surface area contributed by atoms with Crippen LogP contribution in [0.5, 0.6) is 0 Å². The SMILES string of the molecule is CCCC(=O)CONC(=O)CNC(=O)[C@H](CC1C=CC=CC1)NC(=O)CNC(O)CN. The second kappa shape index (κ2) is 15.2. The van der Waals surface area contributed by atoms with Crippen molar-refractivity contribution in [3.05, 3.63) is 24.3 Å². The molecule has 1 rings (SSSR count). The summed E-state index contributed by atoms with van der Waals surface area (Å²) in [6, 6.07) is -0.884. The minimum atomic E-state index is -1.03. The van der Waals surface area contributed by atoms with E-state index in [4.69, 9.17) is 10.6 Å². The molecule has 7 N–H and O–H groups in total. The van der Waals surface area contributed by atoms with Gasteiger partial charge in [0.15, 0.2) is 5.78 Å². The maximum Gasteiger partial charge on any atom is 0.262 e. The number of hydrogen-bond acceptors (Lipinski definition) is 8. The standard InChI is InChI=1S/C20H33N5O6/c1-2-6-15(26)13-31-25-19(29)12-23-20(30)16(9-14-7-4-3-5-8-14)24-18(28)11-22-17(27)10-21/h3-5,7,14,16-17,22,27H,2,6,8-13,21H2,1H3,(H,23,30)(H,24,28)(H,25,29)/t14?,16-,17?/m0/s1. The summed E-state index contributed by atoms with van der Waals surface area (Å²) in [6.45, 7) is 0.963. The molecule has 3 amide bonds. The Morgan fingerprint density at radius 3 is 2.61 bits per heavy atom. The number of allylic oxidation sites excluding steroid dienone is 4. The lowest BCUT2D eigenvalue weighted by atomic mass is 9.93. The number of hydroxylamine groups is 1. The molecule has 0 spiro atoms. The molecule has 3 atom stereocenters. The highest BCUT2D eigenvalue weighted by atomic mass is 16.7. The summed E-state index contributed by atoms with van der Waals surface area (Å²) in [7, 11) is 0. The van der Waals surface area contributed by atoms with Gasteiger partial charge in [0.25, 0.3) is 5.91 Å². The average Bonchev–Trinajstić information content (AvgIpc) is 2.76. The number of ketones is 1. The number of nitrogens with two attached hydrogens (primary N) is 1. The summed E-state index contributed by atoms with van der Waals surface area (Å²) in [5.41, 5.74) is 7.37. The van der Waals surface area contributed by atoms with Crippen molar-refractivity contribution < 1.29 is 29.1 Å². The van der Waals surface area contributed by atoms with Crippen LogP contribution in [0.25, 0.3) is 0 Å². The van der Waals surface area contributed by atoms with Gasteiger partial charge < -0.3 is 21.5 Å². The van der Waals surface area contributed by atoms with Crippen LogP contribution in [-0.2, 0) is 24.0 Å². The number of rotatable bonds is 15. The number of amides is 3. The molecule has 11 heteroatoms. The van der Waals surface area contributed by atoms with Crippen LogP contribution < -0.4 is 27.2 Å². The second-order valence-electron chi connectivity index (χ2n) is 7.12. The van der Waals surface area contributed by atoms with Crippen molar-refractivity contribution in [1.82, 2.24) is 21.4 Å². The molecule has 11 nitrogen and oxygen atoms in total. The van der Waals surface area contributed by atoms with Crippen LogP contribution >= 0.6 is 0 Å². The summed E-state index contributed by atoms with van der Waals surface area (Å²) in [4.78, 5) is 52.7. The van der Waals surface area contributed by atoms with E-state index in [-0.39, 0.29) is 37.9 Å². The molecule has 0 aromatic rings. The van der Waals surface area contributed by atoms with Gasteiger partial charge >= 0.3 is 0 Å². The molecule has 1 aliphatic rings. The van der Waals surface area contributed by atoms with Crippen molar-refractivity contribution in [1.29, 1.82) is 0 Å². The predicted molar refractivity (Wildman–Crippen MR) is 113 cm³/mol. The Labute approximate surface area is 181 Å². The van der Waals surface area contributed by atoms with Crippen molar-refractivity contribution in [2.24, 2.45) is 11.7 Å². The van der Waals surface area contributed by atoms with Gasteiger partial charge in [0, 0.05) is 13.0 Å². The molecule has 0 aromatic carbocycles. The van der Waals surface area contributed by atoms with Gasteiger partial charge in [-0.1, -0.05) is 31.2 Å². The topological polar surface area (TPSA) is 172 Å². The predicted octanol–water partition coefficient (Wildman–Crippen LogP) is -1.61. The van der Waals surface area contributed by atoms with Crippen LogP contribution in [0.2, 0.25) is 0 Å². The van der Waals surface area contributed by atoms with E-state index >= 15 is 0 Å². The molecule has 0 saturated carbocycles. The van der Waals surface area contributed by atoms with Gasteiger partial charge in [-0.3, -0.25) is 29.3 Å². The largest absolute Gasteiger partial charge is 0.377 e. The zero-order chi connectivity index (χ0) is 23.1. The highest BCUT2D eigenvalue weighted by molar-refractivity contribution is 5.90. The Hall–Kier alpha value is -2.60. The second-order valence-corrected chi connectivity index (χ2v) is 7.12. The van der Waals surface area contributed by atoms with Crippen molar-refractivity contribution in [2.75, 3.05) is 26.2 Å². The molecule has 0 radical (unpaired) electrons. The van der Waals surface area contributed by atoms with E-state index < -0.39 is 30.0 Å². The van der Waals surface area contributed by atoms with E-state index in [2.05, 4.69) is 21.4 Å². The minimum absolute atomic E-state index is 0.0466. The number of carbonyl (C=O) groups is 4. The highest BCUT2D eigenvalue weighted by Gasteiger charge is 2.24. The Morgan fingerprint density at radius 2 is 1.97 bits per heavy atom. The highest BCUT2D eigenvalue weighted by Crippen LogP contribution is 2.17. The summed E-state index contributed by atoms with van der Waals surface area (Å²) in [5, 5.41) is 17.0. The van der Waals surface area contributed by atoms with Gasteiger partial charge in [0.2, 0.25) is 11.8 Å². The number of carbonyl (C=O) groups excluding carboxylic acids is 4. The summed E-state index contributed by atoms with van der Waals surface area (Å²) in [6.07, 6.45) is 8.75. The first-order chi connectivity index (χ1) is 14.8. The van der Waals surface area contributed by atoms with Crippen LogP contribution in [0, 0.1) is 5.92 Å². The molecule has 174 valence electrons. The number of aliphatic hydroxyl groups is 1. The third kappa shape index (κ3) is 12.0. The molecule has 1 aliphatic carbocycles. The van der Waals surface area contributed by atoms with Gasteiger partial charge in [-0.05, 0) is 25.2 Å². The van der Waals surface area contributed by atoms with Crippen molar-refractivity contribution >= 4 is 23.5 Å². The zero-order valence-electron chi connectivity index (χ0n) is 17.8. The lowest BCUT2D eigenvalue weighted by Gasteiger charge is -2.23. The van der Waals surface area contributed by atoms with E-state index in [0.717, 1.165) is 6.42 Å². The van der Waals surface area contributed by atoms with Gasteiger partial charge in [-0.25, -0.2) is 5.48 Å². The van der Waals surface area contributed by atoms with Gasteiger partial charge in [-0.15, -0.1) is 0 Å². The molecule has 0 saturated heterocycles. The first kappa shape index (κ1) is 26.4. The van der Waals surface area contributed by atoms with Crippen LogP contribution in [0.15, 0.2) is 24.3 Å². The molecule has 0 aromatic heterocycles. The molecule has 0 fully saturated rings. The molecular formula is C20H33N5O6. The number of hydrogen-bond donors (Lipinski definition) is 6. The minimum Gasteiger partial charge on any atom is -0.377 e. The summed E-state index contributed by atoms with van der Waals surface area (Å²) < 4.78 is 0. The first-order valence-electron chi connectivity index (χ1n) is 10.3.